The molecule has 0 aliphatic heterocycles. The normalized spacial score (nSPS) is 9.47. The van der Waals surface area contributed by atoms with Gasteiger partial charge in [0.25, 0.3) is 0 Å². The highest BCUT2D eigenvalue weighted by Crippen LogP contribution is 2.11. The number of carbonyl (C=O) groups is 1. The molecule has 0 fully saturated rings. The number of aryl methyl sites for hydroxylation is 1. The number of carbonyl (C=O) groups excluding carboxylic acids is 1. The van der Waals surface area contributed by atoms with E-state index in [0.717, 1.165) is 11.3 Å². The molecule has 1 aromatic carbocycles. The molecule has 2 N–H and O–H groups in total. The zero-order valence-electron chi connectivity index (χ0n) is 10.0. The third kappa shape index (κ3) is 5.61. The molecule has 0 spiro atoms. The Hall–Kier alpha value is -1.97. The van der Waals surface area contributed by atoms with Crippen molar-refractivity contribution < 1.29 is 9.53 Å². The maximum atomic E-state index is 11.1. The maximum absolute atomic E-state index is 11.1. The van der Waals surface area contributed by atoms with Crippen molar-refractivity contribution in [1.29, 1.82) is 0 Å². The lowest BCUT2D eigenvalue weighted by molar-refractivity contribution is 0.237. The summed E-state index contributed by atoms with van der Waals surface area (Å²) in [4.78, 5) is 11.1. The summed E-state index contributed by atoms with van der Waals surface area (Å²) >= 11 is 0. The van der Waals surface area contributed by atoms with Crippen molar-refractivity contribution in [2.75, 3.05) is 19.7 Å². The fourth-order valence-corrected chi connectivity index (χ4v) is 1.27. The van der Waals surface area contributed by atoms with Crippen LogP contribution in [0.1, 0.15) is 5.56 Å². The smallest absolute Gasteiger partial charge is 0.315 e. The lowest BCUT2D eigenvalue weighted by Crippen LogP contribution is -2.37. The highest BCUT2D eigenvalue weighted by molar-refractivity contribution is 5.73. The van der Waals surface area contributed by atoms with Crippen LogP contribution < -0.4 is 15.4 Å². The number of hydrogen-bond donors (Lipinski definition) is 2. The maximum Gasteiger partial charge on any atom is 0.315 e. The van der Waals surface area contributed by atoms with E-state index in [1.807, 2.05) is 31.2 Å². The summed E-state index contributed by atoms with van der Waals surface area (Å²) in [6, 6.07) is 7.59. The number of ether oxygens (including phenoxy) is 1. The number of nitrogens with one attached hydrogen (secondary N) is 2. The molecule has 0 aromatic heterocycles. The van der Waals surface area contributed by atoms with Gasteiger partial charge in [-0.3, -0.25) is 0 Å². The summed E-state index contributed by atoms with van der Waals surface area (Å²) in [6.07, 6.45) is 1.63. The van der Waals surface area contributed by atoms with Gasteiger partial charge in [-0.05, 0) is 24.6 Å². The van der Waals surface area contributed by atoms with E-state index < -0.39 is 0 Å². The van der Waals surface area contributed by atoms with Crippen LogP contribution >= 0.6 is 0 Å². The number of rotatable bonds is 6. The van der Waals surface area contributed by atoms with Crippen LogP contribution in [0.2, 0.25) is 0 Å². The van der Waals surface area contributed by atoms with Gasteiger partial charge < -0.3 is 15.4 Å². The molecule has 0 aliphatic rings. The Morgan fingerprint density at radius 3 is 3.00 bits per heavy atom. The zero-order chi connectivity index (χ0) is 12.5. The van der Waals surface area contributed by atoms with E-state index in [1.165, 1.54) is 0 Å². The summed E-state index contributed by atoms with van der Waals surface area (Å²) in [7, 11) is 0. The summed E-state index contributed by atoms with van der Waals surface area (Å²) in [6.45, 7) is 6.90. The van der Waals surface area contributed by atoms with Gasteiger partial charge in [0.2, 0.25) is 0 Å². The highest BCUT2D eigenvalue weighted by atomic mass is 16.5. The molecule has 0 aliphatic carbocycles. The number of urea groups is 1. The Morgan fingerprint density at radius 2 is 2.29 bits per heavy atom. The average Bonchev–Trinajstić information content (AvgIpc) is 2.32. The molecule has 4 nitrogen and oxygen atoms in total. The lowest BCUT2D eigenvalue weighted by atomic mass is 10.2. The Morgan fingerprint density at radius 1 is 1.47 bits per heavy atom. The quantitative estimate of drug-likeness (QED) is 0.583. The monoisotopic (exact) mass is 234 g/mol. The number of hydrogen-bond acceptors (Lipinski definition) is 2. The second-order valence-electron chi connectivity index (χ2n) is 3.59. The highest BCUT2D eigenvalue weighted by Gasteiger charge is 1.97. The van der Waals surface area contributed by atoms with Crippen LogP contribution in [0.3, 0.4) is 0 Å². The number of benzene rings is 1. The Bertz CT molecular complexity index is 377. The molecule has 0 unspecified atom stereocenters. The second-order valence-corrected chi connectivity index (χ2v) is 3.59. The largest absolute Gasteiger partial charge is 0.492 e. The van der Waals surface area contributed by atoms with Gasteiger partial charge in [0.1, 0.15) is 12.4 Å². The van der Waals surface area contributed by atoms with Crippen molar-refractivity contribution in [2.24, 2.45) is 0 Å². The van der Waals surface area contributed by atoms with Crippen molar-refractivity contribution in [2.45, 2.75) is 6.92 Å². The summed E-state index contributed by atoms with van der Waals surface area (Å²) in [5.74, 6) is 0.818. The molecule has 17 heavy (non-hydrogen) atoms. The van der Waals surface area contributed by atoms with Gasteiger partial charge in [-0.15, -0.1) is 6.58 Å². The van der Waals surface area contributed by atoms with Crippen LogP contribution in [-0.2, 0) is 0 Å². The van der Waals surface area contributed by atoms with Crippen LogP contribution in [0, 0.1) is 6.92 Å². The average molecular weight is 234 g/mol. The number of amides is 2. The van der Waals surface area contributed by atoms with E-state index in [1.54, 1.807) is 6.08 Å². The Kier molecular flexibility index (Phi) is 5.64. The van der Waals surface area contributed by atoms with Gasteiger partial charge in [-0.25, -0.2) is 4.79 Å². The van der Waals surface area contributed by atoms with Crippen molar-refractivity contribution >= 4 is 6.03 Å². The minimum atomic E-state index is -0.210. The van der Waals surface area contributed by atoms with Gasteiger partial charge in [0.05, 0.1) is 6.54 Å². The molecule has 1 rings (SSSR count). The van der Waals surface area contributed by atoms with Crippen LogP contribution in [0.15, 0.2) is 36.9 Å². The third-order valence-electron chi connectivity index (χ3n) is 2.05. The summed E-state index contributed by atoms with van der Waals surface area (Å²) < 4.78 is 5.48. The van der Waals surface area contributed by atoms with Crippen LogP contribution in [0.5, 0.6) is 5.75 Å². The zero-order valence-corrected chi connectivity index (χ0v) is 10.0. The SMILES string of the molecule is C=CCNC(=O)NCCOc1cccc(C)c1. The fraction of sp³-hybridized carbons (Fsp3) is 0.308. The minimum absolute atomic E-state index is 0.210. The second kappa shape index (κ2) is 7.33. The van der Waals surface area contributed by atoms with E-state index in [0.29, 0.717) is 19.7 Å². The van der Waals surface area contributed by atoms with E-state index in [9.17, 15) is 4.79 Å². The van der Waals surface area contributed by atoms with E-state index >= 15 is 0 Å². The predicted molar refractivity (Wildman–Crippen MR) is 68.3 cm³/mol. The predicted octanol–water partition coefficient (Wildman–Crippen LogP) is 1.86. The minimum Gasteiger partial charge on any atom is -0.492 e. The third-order valence-corrected chi connectivity index (χ3v) is 2.05. The molecule has 0 radical (unpaired) electrons. The molecule has 0 saturated carbocycles. The molecule has 2 amide bonds. The van der Waals surface area contributed by atoms with Gasteiger partial charge in [-0.2, -0.15) is 0 Å². The van der Waals surface area contributed by atoms with Gasteiger partial charge >= 0.3 is 6.03 Å². The van der Waals surface area contributed by atoms with Crippen molar-refractivity contribution in [1.82, 2.24) is 10.6 Å². The lowest BCUT2D eigenvalue weighted by Gasteiger charge is -2.08. The van der Waals surface area contributed by atoms with E-state index in [2.05, 4.69) is 17.2 Å². The molecule has 0 heterocycles. The molecule has 4 heteroatoms. The van der Waals surface area contributed by atoms with Crippen LogP contribution in [-0.4, -0.2) is 25.7 Å². The molecular formula is C13H18N2O2. The van der Waals surface area contributed by atoms with Crippen molar-refractivity contribution in [3.63, 3.8) is 0 Å². The van der Waals surface area contributed by atoms with Crippen LogP contribution in [0.4, 0.5) is 4.79 Å². The molecule has 0 bridgehead atoms. The summed E-state index contributed by atoms with van der Waals surface area (Å²) in [5.41, 5.74) is 1.15. The van der Waals surface area contributed by atoms with Gasteiger partial charge in [0.15, 0.2) is 0 Å². The Labute approximate surface area is 102 Å². The Balaban J connectivity index is 2.16. The molecule has 0 atom stereocenters. The topological polar surface area (TPSA) is 50.4 Å². The van der Waals surface area contributed by atoms with E-state index in [4.69, 9.17) is 4.74 Å². The van der Waals surface area contributed by atoms with Gasteiger partial charge in [-0.1, -0.05) is 18.2 Å². The first-order valence-corrected chi connectivity index (χ1v) is 5.54. The molecule has 92 valence electrons. The molecular weight excluding hydrogens is 216 g/mol. The first kappa shape index (κ1) is 13.1. The van der Waals surface area contributed by atoms with Gasteiger partial charge in [0, 0.05) is 6.54 Å². The van der Waals surface area contributed by atoms with E-state index in [-0.39, 0.29) is 6.03 Å². The van der Waals surface area contributed by atoms with Crippen molar-refractivity contribution in [3.8, 4) is 5.75 Å². The standard InChI is InChI=1S/C13H18N2O2/c1-3-7-14-13(16)15-8-9-17-12-6-4-5-11(2)10-12/h3-6,10H,1,7-9H2,2H3,(H2,14,15,16). The first-order valence-electron chi connectivity index (χ1n) is 5.54. The van der Waals surface area contributed by atoms with Crippen molar-refractivity contribution in [3.05, 3.63) is 42.5 Å². The fourth-order valence-electron chi connectivity index (χ4n) is 1.27. The first-order chi connectivity index (χ1) is 8.22. The summed E-state index contributed by atoms with van der Waals surface area (Å²) in [5, 5.41) is 5.30. The molecule has 0 saturated heterocycles. The van der Waals surface area contributed by atoms with Crippen LogP contribution in [0.25, 0.3) is 0 Å². The molecule has 1 aromatic rings.